The number of hydrogen-bond acceptors (Lipinski definition) is 3. The smallest absolute Gasteiger partial charge is 0.410 e. The first-order chi connectivity index (χ1) is 7.22. The number of ether oxygens (including phenoxy) is 1. The molecule has 0 radical (unpaired) electrons. The van der Waals surface area contributed by atoms with Gasteiger partial charge in [0.1, 0.15) is 5.75 Å². The van der Waals surface area contributed by atoms with Crippen molar-refractivity contribution in [2.24, 2.45) is 0 Å². The first kappa shape index (κ1) is 11.5. The fourth-order valence-corrected chi connectivity index (χ4v) is 1.13. The minimum Gasteiger partial charge on any atom is -0.410 e. The molecule has 1 N–H and O–H groups in total. The van der Waals surface area contributed by atoms with Crippen molar-refractivity contribution >= 4 is 22.0 Å². The van der Waals surface area contributed by atoms with Crippen molar-refractivity contribution in [2.75, 3.05) is 6.54 Å². The summed E-state index contributed by atoms with van der Waals surface area (Å²) in [6.07, 6.45) is -0.275. The molecule has 1 aromatic rings. The molecule has 0 fully saturated rings. The van der Waals surface area contributed by atoms with Crippen LogP contribution >= 0.6 is 15.9 Å². The summed E-state index contributed by atoms with van der Waals surface area (Å²) in [6.45, 7) is 0.297. The van der Waals surface area contributed by atoms with Gasteiger partial charge in [0.2, 0.25) is 0 Å². The van der Waals surface area contributed by atoms with E-state index >= 15 is 0 Å². The van der Waals surface area contributed by atoms with Crippen LogP contribution in [0.25, 0.3) is 0 Å². The van der Waals surface area contributed by atoms with Crippen LogP contribution < -0.4 is 10.1 Å². The molecule has 4 nitrogen and oxygen atoms in total. The van der Waals surface area contributed by atoms with Crippen LogP contribution in [0.15, 0.2) is 28.7 Å². The van der Waals surface area contributed by atoms with Crippen molar-refractivity contribution in [1.82, 2.24) is 5.32 Å². The molecule has 0 aromatic heterocycles. The Morgan fingerprint density at radius 2 is 2.13 bits per heavy atom. The molecule has 0 heterocycles. The van der Waals surface area contributed by atoms with Crippen molar-refractivity contribution in [3.8, 4) is 11.8 Å². The monoisotopic (exact) mass is 268 g/mol. The number of hydrogen-bond donors (Lipinski definition) is 1. The molecule has 0 unspecified atom stereocenters. The van der Waals surface area contributed by atoms with Gasteiger partial charge in [0.05, 0.1) is 12.5 Å². The van der Waals surface area contributed by atoms with Gasteiger partial charge in [0, 0.05) is 11.0 Å². The van der Waals surface area contributed by atoms with Gasteiger partial charge in [0.25, 0.3) is 0 Å². The quantitative estimate of drug-likeness (QED) is 0.857. The number of benzene rings is 1. The van der Waals surface area contributed by atoms with E-state index in [9.17, 15) is 4.79 Å². The zero-order valence-corrected chi connectivity index (χ0v) is 9.45. The zero-order valence-electron chi connectivity index (χ0n) is 7.87. The number of amides is 1. The van der Waals surface area contributed by atoms with Crippen LogP contribution in [0, 0.1) is 11.3 Å². The highest BCUT2D eigenvalue weighted by Crippen LogP contribution is 2.15. The normalized spacial score (nSPS) is 9.07. The summed E-state index contributed by atoms with van der Waals surface area (Å²) < 4.78 is 5.85. The van der Waals surface area contributed by atoms with E-state index in [4.69, 9.17) is 10.00 Å². The van der Waals surface area contributed by atoms with Crippen LogP contribution in [0.5, 0.6) is 5.75 Å². The number of nitrogens with one attached hydrogen (secondary N) is 1. The molecule has 0 atom stereocenters. The molecule has 1 aromatic carbocycles. The maximum atomic E-state index is 11.1. The molecular formula is C10H9BrN2O2. The van der Waals surface area contributed by atoms with Crippen molar-refractivity contribution in [3.63, 3.8) is 0 Å². The van der Waals surface area contributed by atoms with E-state index in [2.05, 4.69) is 21.2 Å². The summed E-state index contributed by atoms with van der Waals surface area (Å²) in [5.41, 5.74) is 0. The number of carbonyl (C=O) groups excluding carboxylic acids is 1. The highest BCUT2D eigenvalue weighted by molar-refractivity contribution is 9.10. The van der Waals surface area contributed by atoms with Crippen LogP contribution in [0.4, 0.5) is 4.79 Å². The summed E-state index contributed by atoms with van der Waals surface area (Å²) in [5, 5.41) is 10.7. The van der Waals surface area contributed by atoms with E-state index in [1.165, 1.54) is 0 Å². The first-order valence-corrected chi connectivity index (χ1v) is 5.10. The Morgan fingerprint density at radius 1 is 1.47 bits per heavy atom. The largest absolute Gasteiger partial charge is 0.412 e. The molecule has 0 spiro atoms. The zero-order chi connectivity index (χ0) is 11.1. The molecule has 78 valence electrons. The predicted molar refractivity (Wildman–Crippen MR) is 58.4 cm³/mol. The highest BCUT2D eigenvalue weighted by atomic mass is 79.9. The van der Waals surface area contributed by atoms with E-state index in [0.29, 0.717) is 12.3 Å². The fraction of sp³-hybridized carbons (Fsp3) is 0.200. The predicted octanol–water partition coefficient (Wildman–Crippen LogP) is 2.45. The molecular weight excluding hydrogens is 260 g/mol. The number of halogens is 1. The minimum atomic E-state index is -0.549. The Hall–Kier alpha value is -1.54. The van der Waals surface area contributed by atoms with Crippen molar-refractivity contribution in [3.05, 3.63) is 28.7 Å². The third-order valence-electron chi connectivity index (χ3n) is 1.53. The number of carbonyl (C=O) groups is 1. The maximum absolute atomic E-state index is 11.1. The van der Waals surface area contributed by atoms with Crippen LogP contribution in [0.3, 0.4) is 0 Å². The summed E-state index contributed by atoms with van der Waals surface area (Å²) >= 11 is 3.27. The second-order valence-electron chi connectivity index (χ2n) is 2.68. The topological polar surface area (TPSA) is 62.1 Å². The summed E-state index contributed by atoms with van der Waals surface area (Å²) in [4.78, 5) is 11.1. The lowest BCUT2D eigenvalue weighted by molar-refractivity contribution is 0.201. The van der Waals surface area contributed by atoms with Crippen molar-refractivity contribution in [1.29, 1.82) is 5.26 Å². The molecule has 5 heteroatoms. The average molecular weight is 269 g/mol. The average Bonchev–Trinajstić information content (AvgIpc) is 2.22. The molecule has 0 aliphatic rings. The lowest BCUT2D eigenvalue weighted by Crippen LogP contribution is -2.27. The Kier molecular flexibility index (Phi) is 4.64. The Balaban J connectivity index is 2.38. The molecule has 1 rings (SSSR count). The lowest BCUT2D eigenvalue weighted by atomic mass is 10.3. The van der Waals surface area contributed by atoms with Crippen LogP contribution in [-0.4, -0.2) is 12.6 Å². The third kappa shape index (κ3) is 4.47. The summed E-state index contributed by atoms with van der Waals surface area (Å²) in [6, 6.07) is 8.82. The van der Waals surface area contributed by atoms with Crippen LogP contribution in [0.1, 0.15) is 6.42 Å². The van der Waals surface area contributed by atoms with Gasteiger partial charge in [-0.25, -0.2) is 4.79 Å². The highest BCUT2D eigenvalue weighted by Gasteiger charge is 2.02. The molecule has 0 saturated carbocycles. The molecule has 1 amide bonds. The van der Waals surface area contributed by atoms with Gasteiger partial charge < -0.3 is 10.1 Å². The first-order valence-electron chi connectivity index (χ1n) is 4.30. The number of nitrogens with zero attached hydrogens (tertiary/aromatic N) is 1. The van der Waals surface area contributed by atoms with Gasteiger partial charge in [0.15, 0.2) is 0 Å². The second kappa shape index (κ2) is 6.04. The van der Waals surface area contributed by atoms with E-state index < -0.39 is 6.09 Å². The fourth-order valence-electron chi connectivity index (χ4n) is 0.866. The van der Waals surface area contributed by atoms with E-state index in [1.54, 1.807) is 24.3 Å². The van der Waals surface area contributed by atoms with Crippen LogP contribution in [0.2, 0.25) is 0 Å². The Labute approximate surface area is 96.0 Å². The van der Waals surface area contributed by atoms with E-state index in [1.807, 2.05) is 6.07 Å². The second-order valence-corrected chi connectivity index (χ2v) is 3.59. The molecule has 0 bridgehead atoms. The van der Waals surface area contributed by atoms with E-state index in [0.717, 1.165) is 4.47 Å². The van der Waals surface area contributed by atoms with Gasteiger partial charge >= 0.3 is 6.09 Å². The Morgan fingerprint density at radius 3 is 2.73 bits per heavy atom. The van der Waals surface area contributed by atoms with E-state index in [-0.39, 0.29) is 6.42 Å². The van der Waals surface area contributed by atoms with Crippen molar-refractivity contribution in [2.45, 2.75) is 6.42 Å². The molecule has 0 aliphatic carbocycles. The van der Waals surface area contributed by atoms with Gasteiger partial charge in [-0.15, -0.1) is 0 Å². The summed E-state index contributed by atoms with van der Waals surface area (Å²) in [7, 11) is 0. The molecule has 0 aliphatic heterocycles. The molecule has 0 saturated heterocycles. The molecule has 15 heavy (non-hydrogen) atoms. The minimum absolute atomic E-state index is 0.273. The lowest BCUT2D eigenvalue weighted by Gasteiger charge is -2.04. The SMILES string of the molecule is N#CCCNC(=O)Oc1ccc(Br)cc1. The number of rotatable bonds is 3. The maximum Gasteiger partial charge on any atom is 0.412 e. The van der Waals surface area contributed by atoms with Gasteiger partial charge in [-0.3, -0.25) is 0 Å². The Bertz CT molecular complexity index is 370. The summed E-state index contributed by atoms with van der Waals surface area (Å²) in [5.74, 6) is 0.465. The number of nitriles is 1. The standard InChI is InChI=1S/C10H9BrN2O2/c11-8-2-4-9(5-3-8)15-10(14)13-7-1-6-12/h2-5H,1,7H2,(H,13,14). The van der Waals surface area contributed by atoms with Gasteiger partial charge in [-0.05, 0) is 24.3 Å². The van der Waals surface area contributed by atoms with Gasteiger partial charge in [-0.2, -0.15) is 5.26 Å². The van der Waals surface area contributed by atoms with Crippen molar-refractivity contribution < 1.29 is 9.53 Å². The third-order valence-corrected chi connectivity index (χ3v) is 2.06. The van der Waals surface area contributed by atoms with Gasteiger partial charge in [-0.1, -0.05) is 15.9 Å². The van der Waals surface area contributed by atoms with Crippen LogP contribution in [-0.2, 0) is 0 Å².